The van der Waals surface area contributed by atoms with Crippen molar-refractivity contribution in [1.29, 1.82) is 0 Å². The smallest absolute Gasteiger partial charge is 0.269 e. The number of carbonyl (C=O) groups excluding carboxylic acids is 1. The largest absolute Gasteiger partial charge is 0.360 e. The lowest BCUT2D eigenvalue weighted by Crippen LogP contribution is -2.32. The lowest BCUT2D eigenvalue weighted by Gasteiger charge is -2.04. The van der Waals surface area contributed by atoms with Crippen molar-refractivity contribution >= 4 is 15.9 Å². The molecule has 0 bridgehead atoms. The van der Waals surface area contributed by atoms with E-state index in [0.29, 0.717) is 0 Å². The molecule has 1 fully saturated rings. The van der Waals surface area contributed by atoms with Crippen LogP contribution in [0.15, 0.2) is 9.42 Å². The highest BCUT2D eigenvalue weighted by molar-refractivity contribution is 7.90. The molecule has 1 aromatic heterocycles. The third kappa shape index (κ3) is 1.95. The predicted octanol–water partition coefficient (Wildman–Crippen LogP) is 0.506. The molecule has 0 aromatic carbocycles. The van der Waals surface area contributed by atoms with Crippen LogP contribution in [0.1, 0.15) is 24.3 Å². The minimum atomic E-state index is -3.84. The van der Waals surface area contributed by atoms with Crippen molar-refractivity contribution in [3.05, 3.63) is 11.5 Å². The molecular weight excluding hydrogens is 232 g/mol. The van der Waals surface area contributed by atoms with Gasteiger partial charge in [0.2, 0.25) is 5.91 Å². The summed E-state index contributed by atoms with van der Waals surface area (Å²) in [7, 11) is -3.84. The summed E-state index contributed by atoms with van der Waals surface area (Å²) in [5.41, 5.74) is 0.258. The molecule has 7 heteroatoms. The molecule has 0 aliphatic heterocycles. The maximum absolute atomic E-state index is 11.8. The summed E-state index contributed by atoms with van der Waals surface area (Å²) in [4.78, 5) is 11.4. The van der Waals surface area contributed by atoms with E-state index in [1.54, 1.807) is 0 Å². The van der Waals surface area contributed by atoms with Crippen molar-refractivity contribution in [1.82, 2.24) is 9.88 Å². The summed E-state index contributed by atoms with van der Waals surface area (Å²) < 4.78 is 30.5. The zero-order valence-corrected chi connectivity index (χ0v) is 9.80. The van der Waals surface area contributed by atoms with Crippen LogP contribution in [0.3, 0.4) is 0 Å². The molecule has 0 atom stereocenters. The first kappa shape index (κ1) is 11.1. The van der Waals surface area contributed by atoms with Gasteiger partial charge in [0.1, 0.15) is 5.69 Å². The fourth-order valence-electron chi connectivity index (χ4n) is 1.47. The highest BCUT2D eigenvalue weighted by Gasteiger charge is 2.34. The number of sulfonamides is 1. The second-order valence-electron chi connectivity index (χ2n) is 3.90. The summed E-state index contributed by atoms with van der Waals surface area (Å²) in [6, 6.07) is 0. The lowest BCUT2D eigenvalue weighted by molar-refractivity contribution is -0.120. The molecule has 1 aromatic rings. The highest BCUT2D eigenvalue weighted by Crippen LogP contribution is 2.29. The fourth-order valence-corrected chi connectivity index (χ4v) is 2.85. The number of amides is 1. The number of rotatable bonds is 3. The number of nitrogens with one attached hydrogen (secondary N) is 1. The molecular formula is C9H12N2O4S. The first-order valence-corrected chi connectivity index (χ1v) is 6.39. The molecule has 0 radical (unpaired) electrons. The number of aromatic nitrogens is 1. The number of nitrogens with zero attached hydrogens (tertiary/aromatic N) is 1. The predicted molar refractivity (Wildman–Crippen MR) is 54.0 cm³/mol. The molecule has 0 unspecified atom stereocenters. The van der Waals surface area contributed by atoms with E-state index >= 15 is 0 Å². The average molecular weight is 244 g/mol. The quantitative estimate of drug-likeness (QED) is 0.836. The Labute approximate surface area is 93.1 Å². The summed E-state index contributed by atoms with van der Waals surface area (Å²) in [5.74, 6) is -0.413. The second kappa shape index (κ2) is 3.58. The van der Waals surface area contributed by atoms with E-state index in [4.69, 9.17) is 4.52 Å². The Morgan fingerprint density at radius 1 is 1.44 bits per heavy atom. The van der Waals surface area contributed by atoms with Crippen LogP contribution in [0.2, 0.25) is 0 Å². The summed E-state index contributed by atoms with van der Waals surface area (Å²) in [6.07, 6.45) is 1.51. The summed E-state index contributed by atoms with van der Waals surface area (Å²) >= 11 is 0. The third-order valence-electron chi connectivity index (χ3n) is 2.42. The number of aryl methyl sites for hydroxylation is 2. The maximum atomic E-state index is 11.8. The van der Waals surface area contributed by atoms with Crippen molar-refractivity contribution in [2.75, 3.05) is 0 Å². The molecule has 1 aliphatic carbocycles. The summed E-state index contributed by atoms with van der Waals surface area (Å²) in [6.45, 7) is 3.02. The molecule has 1 aliphatic rings. The van der Waals surface area contributed by atoms with Gasteiger partial charge < -0.3 is 4.52 Å². The third-order valence-corrected chi connectivity index (χ3v) is 4.01. The molecule has 0 saturated heterocycles. The van der Waals surface area contributed by atoms with Crippen molar-refractivity contribution < 1.29 is 17.7 Å². The molecule has 1 N–H and O–H groups in total. The topological polar surface area (TPSA) is 89.3 Å². The van der Waals surface area contributed by atoms with Gasteiger partial charge in [-0.3, -0.25) is 4.79 Å². The van der Waals surface area contributed by atoms with Gasteiger partial charge in [0.15, 0.2) is 10.7 Å². The highest BCUT2D eigenvalue weighted by atomic mass is 32.2. The molecule has 1 heterocycles. The SMILES string of the molecule is Cc1noc(C)c1S(=O)(=O)NC(=O)C1CC1. The van der Waals surface area contributed by atoms with Gasteiger partial charge in [-0.25, -0.2) is 13.1 Å². The average Bonchev–Trinajstić information content (AvgIpc) is 2.92. The van der Waals surface area contributed by atoms with Crippen LogP contribution in [-0.2, 0) is 14.8 Å². The normalized spacial score (nSPS) is 16.1. The Kier molecular flexibility index (Phi) is 2.49. The second-order valence-corrected chi connectivity index (χ2v) is 5.52. The lowest BCUT2D eigenvalue weighted by atomic mass is 10.4. The number of hydrogen-bond acceptors (Lipinski definition) is 5. The van der Waals surface area contributed by atoms with E-state index in [1.165, 1.54) is 13.8 Å². The standard InChI is InChI=1S/C9H12N2O4S/c1-5-8(6(2)15-10-5)16(13,14)11-9(12)7-3-4-7/h7H,3-4H2,1-2H3,(H,11,12). The summed E-state index contributed by atoms with van der Waals surface area (Å²) in [5, 5.41) is 3.54. The van der Waals surface area contributed by atoms with Crippen LogP contribution in [0.4, 0.5) is 0 Å². The fraction of sp³-hybridized carbons (Fsp3) is 0.556. The minimum absolute atomic E-state index is 0.0403. The first-order valence-electron chi connectivity index (χ1n) is 4.91. The van der Waals surface area contributed by atoms with Gasteiger partial charge in [-0.15, -0.1) is 0 Å². The molecule has 6 nitrogen and oxygen atoms in total. The van der Waals surface area contributed by atoms with Crippen molar-refractivity contribution in [3.63, 3.8) is 0 Å². The van der Waals surface area contributed by atoms with E-state index in [1.807, 2.05) is 4.72 Å². The van der Waals surface area contributed by atoms with Crippen LogP contribution in [0.25, 0.3) is 0 Å². The Balaban J connectivity index is 2.28. The van der Waals surface area contributed by atoms with Gasteiger partial charge in [-0.05, 0) is 26.7 Å². The minimum Gasteiger partial charge on any atom is -0.360 e. The van der Waals surface area contributed by atoms with E-state index in [2.05, 4.69) is 5.16 Å². The molecule has 16 heavy (non-hydrogen) atoms. The molecule has 1 saturated carbocycles. The Hall–Kier alpha value is -1.37. The first-order chi connectivity index (χ1) is 7.42. The van der Waals surface area contributed by atoms with Crippen LogP contribution >= 0.6 is 0 Å². The van der Waals surface area contributed by atoms with E-state index in [-0.39, 0.29) is 22.3 Å². The molecule has 88 valence electrons. The monoisotopic (exact) mass is 244 g/mol. The van der Waals surface area contributed by atoms with Gasteiger partial charge in [-0.1, -0.05) is 5.16 Å². The van der Waals surface area contributed by atoms with Gasteiger partial charge in [-0.2, -0.15) is 0 Å². The van der Waals surface area contributed by atoms with E-state index in [0.717, 1.165) is 12.8 Å². The van der Waals surface area contributed by atoms with Gasteiger partial charge in [0.25, 0.3) is 10.0 Å². The molecule has 2 rings (SSSR count). The van der Waals surface area contributed by atoms with Gasteiger partial charge in [0, 0.05) is 5.92 Å². The van der Waals surface area contributed by atoms with Crippen molar-refractivity contribution in [3.8, 4) is 0 Å². The maximum Gasteiger partial charge on any atom is 0.269 e. The Bertz CT molecular complexity index is 508. The zero-order valence-electron chi connectivity index (χ0n) is 8.98. The Morgan fingerprint density at radius 2 is 2.06 bits per heavy atom. The molecule has 1 amide bonds. The van der Waals surface area contributed by atoms with Crippen molar-refractivity contribution in [2.45, 2.75) is 31.6 Å². The molecule has 0 spiro atoms. The van der Waals surface area contributed by atoms with Gasteiger partial charge in [0.05, 0.1) is 0 Å². The van der Waals surface area contributed by atoms with Crippen LogP contribution in [0, 0.1) is 19.8 Å². The van der Waals surface area contributed by atoms with E-state index < -0.39 is 15.9 Å². The van der Waals surface area contributed by atoms with Crippen LogP contribution in [0.5, 0.6) is 0 Å². The van der Waals surface area contributed by atoms with Crippen molar-refractivity contribution in [2.24, 2.45) is 5.92 Å². The zero-order chi connectivity index (χ0) is 11.9. The number of carbonyl (C=O) groups is 1. The Morgan fingerprint density at radius 3 is 2.50 bits per heavy atom. The van der Waals surface area contributed by atoms with Gasteiger partial charge >= 0.3 is 0 Å². The number of hydrogen-bond donors (Lipinski definition) is 1. The van der Waals surface area contributed by atoms with Crippen LogP contribution < -0.4 is 4.72 Å². The van der Waals surface area contributed by atoms with E-state index in [9.17, 15) is 13.2 Å². The van der Waals surface area contributed by atoms with Crippen LogP contribution in [-0.4, -0.2) is 19.5 Å².